The summed E-state index contributed by atoms with van der Waals surface area (Å²) in [5.41, 5.74) is -2.01. The molecule has 110 valence electrons. The Bertz CT molecular complexity index is 551. The Balaban J connectivity index is 2.39. The van der Waals surface area contributed by atoms with Crippen LogP contribution in [0.25, 0.3) is 0 Å². The van der Waals surface area contributed by atoms with Crippen molar-refractivity contribution >= 4 is 5.91 Å². The van der Waals surface area contributed by atoms with Crippen LogP contribution in [0.2, 0.25) is 0 Å². The minimum absolute atomic E-state index is 0.0742. The molecule has 0 spiro atoms. The lowest BCUT2D eigenvalue weighted by Gasteiger charge is -2.21. The van der Waals surface area contributed by atoms with Gasteiger partial charge in [0.25, 0.3) is 5.91 Å². The number of carbonyl (C=O) groups excluding carboxylic acids is 1. The van der Waals surface area contributed by atoms with Crippen LogP contribution in [0.5, 0.6) is 0 Å². The smallest absolute Gasteiger partial charge is 0.369 e. The van der Waals surface area contributed by atoms with Crippen molar-refractivity contribution in [1.29, 1.82) is 0 Å². The average molecular weight is 299 g/mol. The van der Waals surface area contributed by atoms with Crippen LogP contribution in [-0.2, 0) is 6.18 Å². The van der Waals surface area contributed by atoms with E-state index in [4.69, 9.17) is 0 Å². The highest BCUT2D eigenvalue weighted by molar-refractivity contribution is 5.99. The number of benzene rings is 1. The van der Waals surface area contributed by atoms with Gasteiger partial charge in [-0.2, -0.15) is 26.3 Å². The minimum atomic E-state index is -4.76. The maximum absolute atomic E-state index is 12.5. The molecule has 1 aliphatic heterocycles. The van der Waals surface area contributed by atoms with Gasteiger partial charge in [0.2, 0.25) is 0 Å². The van der Waals surface area contributed by atoms with Gasteiger partial charge in [0.05, 0.1) is 5.56 Å². The number of rotatable bonds is 1. The van der Waals surface area contributed by atoms with Crippen LogP contribution in [0.15, 0.2) is 18.2 Å². The molecule has 0 bridgehead atoms. The molecule has 0 saturated carbocycles. The molecule has 1 aromatic rings. The molecule has 1 atom stereocenters. The molecule has 1 N–H and O–H groups in total. The monoisotopic (exact) mass is 299 g/mol. The van der Waals surface area contributed by atoms with E-state index in [0.717, 1.165) is 6.07 Å². The van der Waals surface area contributed by atoms with Crippen molar-refractivity contribution in [3.05, 3.63) is 34.9 Å². The first kappa shape index (κ1) is 14.6. The number of amides is 1. The van der Waals surface area contributed by atoms with E-state index in [1.807, 2.05) is 0 Å². The molecule has 1 heterocycles. The summed E-state index contributed by atoms with van der Waals surface area (Å²) >= 11 is 0. The predicted molar refractivity (Wildman–Crippen MR) is 53.5 cm³/mol. The van der Waals surface area contributed by atoms with E-state index in [1.54, 1.807) is 0 Å². The van der Waals surface area contributed by atoms with Crippen LogP contribution in [0.4, 0.5) is 26.3 Å². The zero-order valence-corrected chi connectivity index (χ0v) is 9.59. The summed E-state index contributed by atoms with van der Waals surface area (Å²) in [5.74, 6) is -1.28. The average Bonchev–Trinajstić information content (AvgIpc) is 2.51. The Labute approximate surface area is 108 Å². The Kier molecular flexibility index (Phi) is 3.20. The normalized spacial score (nSPS) is 19.4. The van der Waals surface area contributed by atoms with Gasteiger partial charge in [-0.25, -0.2) is 0 Å². The third kappa shape index (κ3) is 2.58. The van der Waals surface area contributed by atoms with Crippen molar-refractivity contribution in [3.8, 4) is 0 Å². The highest BCUT2D eigenvalue weighted by Gasteiger charge is 2.43. The van der Waals surface area contributed by atoms with Gasteiger partial charge in [0, 0.05) is 11.1 Å². The van der Waals surface area contributed by atoms with E-state index < -0.39 is 42.2 Å². The largest absolute Gasteiger partial charge is 0.416 e. The van der Waals surface area contributed by atoms with Gasteiger partial charge in [-0.15, -0.1) is 0 Å². The van der Waals surface area contributed by atoms with E-state index in [1.165, 1.54) is 0 Å². The molecular weight excluding hydrogens is 292 g/mol. The number of carbonyl (C=O) groups is 1. The van der Waals surface area contributed by atoms with Gasteiger partial charge in [-0.05, 0) is 12.1 Å². The minimum Gasteiger partial charge on any atom is -0.369 e. The van der Waals surface area contributed by atoms with Gasteiger partial charge in [0.1, 0.15) is 6.54 Å². The number of hydrogen-bond donors (Lipinski definition) is 1. The fraction of sp³-hybridized carbons (Fsp3) is 0.364. The molecule has 9 heteroatoms. The van der Waals surface area contributed by atoms with Gasteiger partial charge < -0.3 is 5.11 Å². The second kappa shape index (κ2) is 4.37. The van der Waals surface area contributed by atoms with Crippen LogP contribution in [0, 0.1) is 0 Å². The van der Waals surface area contributed by atoms with Crippen LogP contribution in [-0.4, -0.2) is 28.6 Å². The molecule has 0 aliphatic carbocycles. The summed E-state index contributed by atoms with van der Waals surface area (Å²) in [6.07, 6.45) is -11.4. The zero-order chi connectivity index (χ0) is 15.3. The standard InChI is InChI=1S/C11H7F6NO2/c12-10(13,14)4-18-8(19)6-2-1-5(11(15,16)17)3-7(6)9(18)20/h1-3,8,19H,4H2. The number of aliphatic hydroxyl groups excluding tert-OH is 1. The summed E-state index contributed by atoms with van der Waals surface area (Å²) in [6.45, 7) is -1.73. The lowest BCUT2D eigenvalue weighted by molar-refractivity contribution is -0.155. The Morgan fingerprint density at radius 3 is 2.25 bits per heavy atom. The molecule has 3 nitrogen and oxygen atoms in total. The van der Waals surface area contributed by atoms with E-state index in [0.29, 0.717) is 12.1 Å². The van der Waals surface area contributed by atoms with E-state index in [-0.39, 0.29) is 10.5 Å². The molecule has 1 aromatic carbocycles. The third-order valence-corrected chi connectivity index (χ3v) is 2.79. The number of alkyl halides is 6. The van der Waals surface area contributed by atoms with Crippen LogP contribution in [0.3, 0.4) is 0 Å². The van der Waals surface area contributed by atoms with E-state index in [2.05, 4.69) is 0 Å². The number of hydrogen-bond acceptors (Lipinski definition) is 2. The number of halogens is 6. The molecule has 2 rings (SSSR count). The Morgan fingerprint density at radius 2 is 1.75 bits per heavy atom. The van der Waals surface area contributed by atoms with Crippen molar-refractivity contribution < 1.29 is 36.2 Å². The maximum Gasteiger partial charge on any atom is 0.416 e. The fourth-order valence-corrected chi connectivity index (χ4v) is 1.93. The van der Waals surface area contributed by atoms with Gasteiger partial charge >= 0.3 is 12.4 Å². The van der Waals surface area contributed by atoms with Crippen LogP contribution in [0.1, 0.15) is 27.7 Å². The molecule has 1 aliphatic rings. The topological polar surface area (TPSA) is 40.5 Å². The number of nitrogens with zero attached hydrogens (tertiary/aromatic N) is 1. The summed E-state index contributed by atoms with van der Waals surface area (Å²) < 4.78 is 74.2. The van der Waals surface area contributed by atoms with E-state index >= 15 is 0 Å². The molecule has 1 amide bonds. The summed E-state index contributed by atoms with van der Waals surface area (Å²) in [7, 11) is 0. The summed E-state index contributed by atoms with van der Waals surface area (Å²) in [4.78, 5) is 11.7. The molecule has 0 aromatic heterocycles. The quantitative estimate of drug-likeness (QED) is 0.810. The molecule has 20 heavy (non-hydrogen) atoms. The van der Waals surface area contributed by atoms with Crippen LogP contribution < -0.4 is 0 Å². The van der Waals surface area contributed by atoms with Crippen molar-refractivity contribution in [2.75, 3.05) is 6.54 Å². The second-order valence-electron chi connectivity index (χ2n) is 4.22. The molecular formula is C11H7F6NO2. The maximum atomic E-state index is 12.5. The fourth-order valence-electron chi connectivity index (χ4n) is 1.93. The number of aliphatic hydroxyl groups is 1. The molecule has 0 saturated heterocycles. The predicted octanol–water partition coefficient (Wildman–Crippen LogP) is 2.71. The Hall–Kier alpha value is -1.77. The SMILES string of the molecule is O=C1c2cc(C(F)(F)F)ccc2C(O)N1CC(F)(F)F. The Morgan fingerprint density at radius 1 is 1.15 bits per heavy atom. The summed E-state index contributed by atoms with van der Waals surface area (Å²) in [5, 5.41) is 9.59. The first-order valence-electron chi connectivity index (χ1n) is 5.27. The molecule has 1 unspecified atom stereocenters. The lowest BCUT2D eigenvalue weighted by Crippen LogP contribution is -2.36. The number of fused-ring (bicyclic) bond motifs is 1. The van der Waals surface area contributed by atoms with Gasteiger partial charge in [-0.1, -0.05) is 6.07 Å². The molecule has 0 fully saturated rings. The van der Waals surface area contributed by atoms with Crippen molar-refractivity contribution in [2.24, 2.45) is 0 Å². The third-order valence-electron chi connectivity index (χ3n) is 2.79. The second-order valence-corrected chi connectivity index (χ2v) is 4.22. The zero-order valence-electron chi connectivity index (χ0n) is 9.59. The van der Waals surface area contributed by atoms with Crippen LogP contribution >= 0.6 is 0 Å². The highest BCUT2D eigenvalue weighted by atomic mass is 19.4. The van der Waals surface area contributed by atoms with E-state index in [9.17, 15) is 36.2 Å². The molecule has 0 radical (unpaired) electrons. The highest BCUT2D eigenvalue weighted by Crippen LogP contribution is 2.38. The summed E-state index contributed by atoms with van der Waals surface area (Å²) in [6, 6.07) is 1.85. The van der Waals surface area contributed by atoms with Gasteiger partial charge in [-0.3, -0.25) is 9.69 Å². The first-order valence-corrected chi connectivity index (χ1v) is 5.27. The van der Waals surface area contributed by atoms with Crippen molar-refractivity contribution in [3.63, 3.8) is 0 Å². The van der Waals surface area contributed by atoms with Crippen molar-refractivity contribution in [2.45, 2.75) is 18.6 Å². The first-order chi connectivity index (χ1) is 9.00. The van der Waals surface area contributed by atoms with Gasteiger partial charge in [0.15, 0.2) is 6.23 Å². The lowest BCUT2D eigenvalue weighted by atomic mass is 10.1. The van der Waals surface area contributed by atoms with Crippen molar-refractivity contribution in [1.82, 2.24) is 4.90 Å².